The van der Waals surface area contributed by atoms with Gasteiger partial charge in [-0.25, -0.2) is 9.59 Å². The van der Waals surface area contributed by atoms with Crippen molar-refractivity contribution in [1.29, 1.82) is 0 Å². The summed E-state index contributed by atoms with van der Waals surface area (Å²) in [5, 5.41) is 20.7. The van der Waals surface area contributed by atoms with E-state index in [1.54, 1.807) is 32.9 Å². The first-order valence-electron chi connectivity index (χ1n) is 5.70. The van der Waals surface area contributed by atoms with E-state index in [-0.39, 0.29) is 11.3 Å². The minimum absolute atomic E-state index is 0.0980. The second-order valence-electron chi connectivity index (χ2n) is 4.95. The Morgan fingerprint density at radius 3 is 2.37 bits per heavy atom. The largest absolute Gasteiger partial charge is 0.479 e. The zero-order valence-electron chi connectivity index (χ0n) is 11.0. The molecule has 1 aromatic carbocycles. The Bertz CT molecular complexity index is 478. The number of benzene rings is 1. The summed E-state index contributed by atoms with van der Waals surface area (Å²) in [6.07, 6.45) is -2.41. The molecule has 0 aliphatic rings. The number of aliphatic hydroxyl groups is 1. The number of para-hydroxylation sites is 1. The van der Waals surface area contributed by atoms with Crippen LogP contribution in [0.1, 0.15) is 32.4 Å². The lowest BCUT2D eigenvalue weighted by Gasteiger charge is -2.20. The molecule has 0 saturated heterocycles. The summed E-state index contributed by atoms with van der Waals surface area (Å²) in [4.78, 5) is 22.4. The van der Waals surface area contributed by atoms with Crippen molar-refractivity contribution in [3.8, 4) is 0 Å². The van der Waals surface area contributed by atoms with E-state index in [1.165, 1.54) is 12.1 Å². The summed E-state index contributed by atoms with van der Waals surface area (Å²) in [6.45, 7) is 5.14. The van der Waals surface area contributed by atoms with Crippen molar-refractivity contribution in [2.75, 3.05) is 5.32 Å². The van der Waals surface area contributed by atoms with Crippen LogP contribution in [0.25, 0.3) is 0 Å². The molecule has 1 unspecified atom stereocenters. The zero-order chi connectivity index (χ0) is 14.6. The number of carbonyl (C=O) groups is 2. The minimum Gasteiger partial charge on any atom is -0.479 e. The Morgan fingerprint density at radius 2 is 1.84 bits per heavy atom. The number of hydrogen-bond donors (Lipinski definition) is 3. The van der Waals surface area contributed by atoms with Gasteiger partial charge in [-0.2, -0.15) is 0 Å². The summed E-state index contributed by atoms with van der Waals surface area (Å²) < 4.78 is 5.06. The highest BCUT2D eigenvalue weighted by atomic mass is 16.6. The van der Waals surface area contributed by atoms with Gasteiger partial charge in [-0.3, -0.25) is 5.32 Å². The maximum atomic E-state index is 11.6. The summed E-state index contributed by atoms with van der Waals surface area (Å²) in [5.74, 6) is -1.39. The standard InChI is InChI=1S/C13H17NO5/c1-13(2,3)19-12(18)14-9-7-5-4-6-8(9)10(15)11(16)17/h4-7,10,15H,1-3H3,(H,14,18)(H,16,17). The predicted molar refractivity (Wildman–Crippen MR) is 68.9 cm³/mol. The molecule has 0 spiro atoms. The van der Waals surface area contributed by atoms with Gasteiger partial charge in [-0.15, -0.1) is 0 Å². The first-order chi connectivity index (χ1) is 8.70. The lowest BCUT2D eigenvalue weighted by Crippen LogP contribution is -2.28. The van der Waals surface area contributed by atoms with Gasteiger partial charge >= 0.3 is 12.1 Å². The Morgan fingerprint density at radius 1 is 1.26 bits per heavy atom. The number of hydrogen-bond acceptors (Lipinski definition) is 4. The number of anilines is 1. The molecule has 1 rings (SSSR count). The number of carboxylic acid groups (broad SMARTS) is 1. The summed E-state index contributed by atoms with van der Waals surface area (Å²) in [7, 11) is 0. The molecule has 6 heteroatoms. The Hall–Kier alpha value is -2.08. The molecule has 0 radical (unpaired) electrons. The van der Waals surface area contributed by atoms with Crippen LogP contribution in [-0.4, -0.2) is 27.9 Å². The average molecular weight is 267 g/mol. The number of aliphatic hydroxyl groups excluding tert-OH is 1. The molecule has 6 nitrogen and oxygen atoms in total. The van der Waals surface area contributed by atoms with E-state index in [4.69, 9.17) is 9.84 Å². The van der Waals surface area contributed by atoms with Crippen molar-refractivity contribution in [1.82, 2.24) is 0 Å². The topological polar surface area (TPSA) is 95.9 Å². The fourth-order valence-electron chi connectivity index (χ4n) is 1.40. The number of carbonyl (C=O) groups excluding carboxylic acids is 1. The molecule has 19 heavy (non-hydrogen) atoms. The van der Waals surface area contributed by atoms with E-state index in [0.29, 0.717) is 0 Å². The molecular formula is C13H17NO5. The fraction of sp³-hybridized carbons (Fsp3) is 0.385. The van der Waals surface area contributed by atoms with Crippen LogP contribution in [0.15, 0.2) is 24.3 Å². The highest BCUT2D eigenvalue weighted by molar-refractivity contribution is 5.88. The van der Waals surface area contributed by atoms with Crippen LogP contribution in [0, 0.1) is 0 Å². The average Bonchev–Trinajstić information content (AvgIpc) is 2.26. The molecule has 3 N–H and O–H groups in total. The molecule has 0 bridgehead atoms. The van der Waals surface area contributed by atoms with Gasteiger partial charge in [0, 0.05) is 5.56 Å². The highest BCUT2D eigenvalue weighted by Gasteiger charge is 2.22. The molecular weight excluding hydrogens is 250 g/mol. The Labute approximate surface area is 111 Å². The Balaban J connectivity index is 2.90. The first-order valence-corrected chi connectivity index (χ1v) is 5.70. The number of aliphatic carboxylic acids is 1. The smallest absolute Gasteiger partial charge is 0.412 e. The zero-order valence-corrected chi connectivity index (χ0v) is 11.0. The van der Waals surface area contributed by atoms with Crippen LogP contribution in [0.5, 0.6) is 0 Å². The second kappa shape index (κ2) is 5.71. The molecule has 104 valence electrons. The number of ether oxygens (including phenoxy) is 1. The first kappa shape index (κ1) is 15.0. The number of amides is 1. The lowest BCUT2D eigenvalue weighted by atomic mass is 10.1. The van der Waals surface area contributed by atoms with Gasteiger partial charge in [0.2, 0.25) is 0 Å². The minimum atomic E-state index is -1.70. The van der Waals surface area contributed by atoms with Crippen LogP contribution >= 0.6 is 0 Å². The van der Waals surface area contributed by atoms with E-state index in [2.05, 4.69) is 5.32 Å². The monoisotopic (exact) mass is 267 g/mol. The van der Waals surface area contributed by atoms with Gasteiger partial charge in [-0.1, -0.05) is 18.2 Å². The third-order valence-corrected chi connectivity index (χ3v) is 2.12. The van der Waals surface area contributed by atoms with Gasteiger partial charge in [0.1, 0.15) is 5.60 Å². The van der Waals surface area contributed by atoms with Gasteiger partial charge in [0.15, 0.2) is 6.10 Å². The van der Waals surface area contributed by atoms with E-state index in [0.717, 1.165) is 0 Å². The van der Waals surface area contributed by atoms with Gasteiger partial charge in [0.25, 0.3) is 0 Å². The normalized spacial score (nSPS) is 12.6. The van der Waals surface area contributed by atoms with Crippen LogP contribution in [-0.2, 0) is 9.53 Å². The molecule has 0 heterocycles. The quantitative estimate of drug-likeness (QED) is 0.779. The summed E-state index contributed by atoms with van der Waals surface area (Å²) in [5.41, 5.74) is -0.364. The maximum Gasteiger partial charge on any atom is 0.412 e. The van der Waals surface area contributed by atoms with Crippen LogP contribution in [0.4, 0.5) is 10.5 Å². The van der Waals surface area contributed by atoms with Gasteiger partial charge < -0.3 is 14.9 Å². The molecule has 0 saturated carbocycles. The lowest BCUT2D eigenvalue weighted by molar-refractivity contribution is -0.146. The molecule has 1 aromatic rings. The summed E-state index contributed by atoms with van der Waals surface area (Å²) >= 11 is 0. The number of carboxylic acids is 1. The number of rotatable bonds is 3. The van der Waals surface area contributed by atoms with Crippen molar-refractivity contribution in [2.45, 2.75) is 32.5 Å². The third-order valence-electron chi connectivity index (χ3n) is 2.12. The molecule has 1 amide bonds. The van der Waals surface area contributed by atoms with Crippen molar-refractivity contribution < 1.29 is 24.5 Å². The van der Waals surface area contributed by atoms with Gasteiger partial charge in [-0.05, 0) is 26.8 Å². The van der Waals surface area contributed by atoms with E-state index in [1.807, 2.05) is 0 Å². The summed E-state index contributed by atoms with van der Waals surface area (Å²) in [6, 6.07) is 6.10. The van der Waals surface area contributed by atoms with Gasteiger partial charge in [0.05, 0.1) is 5.69 Å². The molecule has 0 fully saturated rings. The van der Waals surface area contributed by atoms with E-state index in [9.17, 15) is 14.7 Å². The molecule has 0 aromatic heterocycles. The third kappa shape index (κ3) is 4.59. The van der Waals surface area contributed by atoms with E-state index < -0.39 is 23.8 Å². The fourth-order valence-corrected chi connectivity index (χ4v) is 1.40. The molecule has 0 aliphatic heterocycles. The molecule has 0 aliphatic carbocycles. The van der Waals surface area contributed by atoms with Crippen LogP contribution in [0.3, 0.4) is 0 Å². The van der Waals surface area contributed by atoms with Crippen molar-refractivity contribution in [3.05, 3.63) is 29.8 Å². The predicted octanol–water partition coefficient (Wildman–Crippen LogP) is 2.15. The second-order valence-corrected chi connectivity index (χ2v) is 4.95. The maximum absolute atomic E-state index is 11.6. The number of nitrogens with one attached hydrogen (secondary N) is 1. The SMILES string of the molecule is CC(C)(C)OC(=O)Nc1ccccc1C(O)C(=O)O. The van der Waals surface area contributed by atoms with Crippen LogP contribution < -0.4 is 5.32 Å². The highest BCUT2D eigenvalue weighted by Crippen LogP contribution is 2.23. The van der Waals surface area contributed by atoms with Crippen molar-refractivity contribution >= 4 is 17.7 Å². The molecule has 1 atom stereocenters. The van der Waals surface area contributed by atoms with Crippen LogP contribution in [0.2, 0.25) is 0 Å². The van der Waals surface area contributed by atoms with Crippen molar-refractivity contribution in [3.63, 3.8) is 0 Å². The van der Waals surface area contributed by atoms with Crippen molar-refractivity contribution in [2.24, 2.45) is 0 Å². The Kier molecular flexibility index (Phi) is 4.50. The van der Waals surface area contributed by atoms with E-state index >= 15 is 0 Å².